The molecule has 0 aliphatic heterocycles. The summed E-state index contributed by atoms with van der Waals surface area (Å²) < 4.78 is 47.5. The highest BCUT2D eigenvalue weighted by Crippen LogP contribution is 2.02. The highest BCUT2D eigenvalue weighted by molar-refractivity contribution is 7.87. The first kappa shape index (κ1) is 11.0. The van der Waals surface area contributed by atoms with Crippen LogP contribution in [0, 0.1) is 0 Å². The van der Waals surface area contributed by atoms with Crippen molar-refractivity contribution in [3.8, 4) is 0 Å². The molecular formula is C4H10O5S2. The molecule has 0 aromatic heterocycles. The largest absolute Gasteiger partial charge is 0.306 e. The minimum Gasteiger partial charge on any atom is -0.306 e. The molecule has 0 fully saturated rings. The summed E-state index contributed by atoms with van der Waals surface area (Å²) in [4.78, 5) is 0. The van der Waals surface area contributed by atoms with Gasteiger partial charge in [0.1, 0.15) is 0 Å². The average Bonchev–Trinajstić information content (AvgIpc) is 1.80. The molecule has 2 unspecified atom stereocenters. The maximum atomic E-state index is 10.3. The van der Waals surface area contributed by atoms with E-state index >= 15 is 0 Å². The summed E-state index contributed by atoms with van der Waals surface area (Å²) in [7, 11) is -4.13. The Morgan fingerprint density at radius 3 is 2.09 bits per heavy atom. The Hall–Kier alpha value is 0.0200. The van der Waals surface area contributed by atoms with Crippen molar-refractivity contribution >= 4 is 21.2 Å². The molecule has 5 nitrogen and oxygen atoms in total. The van der Waals surface area contributed by atoms with E-state index in [1.165, 1.54) is 0 Å². The number of hydrogen-bond donors (Lipinski definition) is 2. The summed E-state index contributed by atoms with van der Waals surface area (Å²) in [5.74, 6) is -0.660. The zero-order valence-electron chi connectivity index (χ0n) is 5.93. The van der Waals surface area contributed by atoms with Gasteiger partial charge < -0.3 is 4.55 Å². The smallest absolute Gasteiger partial charge is 0.266 e. The maximum absolute atomic E-state index is 10.3. The summed E-state index contributed by atoms with van der Waals surface area (Å²) in [6, 6.07) is 0. The van der Waals surface area contributed by atoms with Crippen LogP contribution < -0.4 is 0 Å². The standard InChI is InChI=1S/C4H10O5S2/c1-2-4(10(5)6)3-11(7,8)9/h4H,2-3H2,1H3,(H,5,6)(H,7,8,9). The summed E-state index contributed by atoms with van der Waals surface area (Å²) in [5, 5.41) is -0.898. The quantitative estimate of drug-likeness (QED) is 0.489. The topological polar surface area (TPSA) is 91.7 Å². The van der Waals surface area contributed by atoms with Crippen LogP contribution in [0.5, 0.6) is 0 Å². The van der Waals surface area contributed by atoms with E-state index in [1.807, 2.05) is 0 Å². The predicted octanol–water partition coefficient (Wildman–Crippen LogP) is -0.125. The van der Waals surface area contributed by atoms with Crippen LogP contribution in [0.25, 0.3) is 0 Å². The Bertz CT molecular complexity index is 231. The van der Waals surface area contributed by atoms with Crippen LogP contribution in [0.3, 0.4) is 0 Å². The Morgan fingerprint density at radius 1 is 1.55 bits per heavy atom. The molecule has 0 rings (SSSR count). The first-order valence-corrected chi connectivity index (χ1v) is 5.69. The van der Waals surface area contributed by atoms with E-state index in [0.29, 0.717) is 0 Å². The lowest BCUT2D eigenvalue weighted by molar-refractivity contribution is 0.477. The molecule has 0 aliphatic rings. The van der Waals surface area contributed by atoms with Gasteiger partial charge in [-0.2, -0.15) is 8.42 Å². The molecule has 0 aromatic rings. The Labute approximate surface area is 67.8 Å². The van der Waals surface area contributed by atoms with E-state index in [0.717, 1.165) is 0 Å². The van der Waals surface area contributed by atoms with Crippen molar-refractivity contribution in [2.45, 2.75) is 18.6 Å². The lowest BCUT2D eigenvalue weighted by Crippen LogP contribution is -2.24. The van der Waals surface area contributed by atoms with Gasteiger partial charge >= 0.3 is 0 Å². The van der Waals surface area contributed by atoms with E-state index in [-0.39, 0.29) is 6.42 Å². The molecule has 0 aliphatic carbocycles. The molecule has 11 heavy (non-hydrogen) atoms. The van der Waals surface area contributed by atoms with Crippen LogP contribution in [-0.4, -0.2) is 32.7 Å². The molecule has 0 saturated carbocycles. The molecule has 0 heterocycles. The van der Waals surface area contributed by atoms with Gasteiger partial charge in [-0.05, 0) is 6.42 Å². The van der Waals surface area contributed by atoms with E-state index in [1.54, 1.807) is 6.92 Å². The van der Waals surface area contributed by atoms with Crippen LogP contribution in [0.1, 0.15) is 13.3 Å². The van der Waals surface area contributed by atoms with Crippen molar-refractivity contribution in [3.63, 3.8) is 0 Å². The third-order valence-electron chi connectivity index (χ3n) is 1.14. The van der Waals surface area contributed by atoms with E-state index in [9.17, 15) is 12.6 Å². The molecule has 0 saturated heterocycles. The SMILES string of the molecule is CCC(CS(=O)(=O)O)S(=O)O. The van der Waals surface area contributed by atoms with Gasteiger partial charge in [-0.25, -0.2) is 4.21 Å². The van der Waals surface area contributed by atoms with Crippen molar-refractivity contribution < 1.29 is 21.7 Å². The molecular weight excluding hydrogens is 192 g/mol. The Balaban J connectivity index is 4.22. The van der Waals surface area contributed by atoms with Crippen LogP contribution in [0.15, 0.2) is 0 Å². The maximum Gasteiger partial charge on any atom is 0.266 e. The molecule has 7 heteroatoms. The zero-order chi connectivity index (χ0) is 9.07. The highest BCUT2D eigenvalue weighted by Gasteiger charge is 2.19. The lowest BCUT2D eigenvalue weighted by Gasteiger charge is -2.06. The third kappa shape index (κ3) is 5.31. The van der Waals surface area contributed by atoms with Crippen molar-refractivity contribution in [3.05, 3.63) is 0 Å². The van der Waals surface area contributed by atoms with Crippen molar-refractivity contribution in [2.75, 3.05) is 5.75 Å². The summed E-state index contributed by atoms with van der Waals surface area (Å²) in [5.41, 5.74) is 0. The first-order chi connectivity index (χ1) is 4.87. The lowest BCUT2D eigenvalue weighted by atomic mass is 10.4. The third-order valence-corrected chi connectivity index (χ3v) is 3.24. The first-order valence-electron chi connectivity index (χ1n) is 2.91. The van der Waals surface area contributed by atoms with E-state index < -0.39 is 32.2 Å². The second kappa shape index (κ2) is 4.15. The van der Waals surface area contributed by atoms with E-state index in [4.69, 9.17) is 9.11 Å². The van der Waals surface area contributed by atoms with Gasteiger partial charge in [0.15, 0.2) is 11.1 Å². The molecule has 0 amide bonds. The Kier molecular flexibility index (Phi) is 4.16. The van der Waals surface area contributed by atoms with Gasteiger partial charge in [-0.1, -0.05) is 6.92 Å². The second-order valence-corrected chi connectivity index (χ2v) is 4.77. The Morgan fingerprint density at radius 2 is 2.00 bits per heavy atom. The fourth-order valence-electron chi connectivity index (χ4n) is 0.554. The predicted molar refractivity (Wildman–Crippen MR) is 41.3 cm³/mol. The van der Waals surface area contributed by atoms with Gasteiger partial charge in [0, 0.05) is 0 Å². The minimum absolute atomic E-state index is 0.239. The van der Waals surface area contributed by atoms with Crippen LogP contribution in [0.2, 0.25) is 0 Å². The fraction of sp³-hybridized carbons (Fsp3) is 1.00. The van der Waals surface area contributed by atoms with Gasteiger partial charge in [0.05, 0.1) is 11.0 Å². The molecule has 2 N–H and O–H groups in total. The fourth-order valence-corrected chi connectivity index (χ4v) is 2.53. The average molecular weight is 202 g/mol. The summed E-state index contributed by atoms with van der Waals surface area (Å²) in [6.45, 7) is 1.57. The van der Waals surface area contributed by atoms with E-state index in [2.05, 4.69) is 0 Å². The number of rotatable bonds is 4. The van der Waals surface area contributed by atoms with Crippen LogP contribution in [0.4, 0.5) is 0 Å². The minimum atomic E-state index is -4.13. The summed E-state index contributed by atoms with van der Waals surface area (Å²) >= 11 is -2.19. The summed E-state index contributed by atoms with van der Waals surface area (Å²) in [6.07, 6.45) is 0.239. The van der Waals surface area contributed by atoms with Crippen molar-refractivity contribution in [2.24, 2.45) is 0 Å². The molecule has 2 atom stereocenters. The molecule has 0 spiro atoms. The van der Waals surface area contributed by atoms with Crippen molar-refractivity contribution in [1.29, 1.82) is 0 Å². The normalized spacial score (nSPS) is 17.7. The van der Waals surface area contributed by atoms with Crippen molar-refractivity contribution in [1.82, 2.24) is 0 Å². The molecule has 0 bridgehead atoms. The van der Waals surface area contributed by atoms with Gasteiger partial charge in [0.2, 0.25) is 0 Å². The van der Waals surface area contributed by atoms with Gasteiger partial charge in [0.25, 0.3) is 10.1 Å². The number of hydrogen-bond acceptors (Lipinski definition) is 3. The molecule has 0 radical (unpaired) electrons. The monoisotopic (exact) mass is 202 g/mol. The second-order valence-electron chi connectivity index (χ2n) is 2.06. The van der Waals surface area contributed by atoms with Gasteiger partial charge in [-0.15, -0.1) is 0 Å². The highest BCUT2D eigenvalue weighted by atomic mass is 32.2. The van der Waals surface area contributed by atoms with Gasteiger partial charge in [-0.3, -0.25) is 4.55 Å². The molecule has 0 aromatic carbocycles. The molecule has 68 valence electrons. The van der Waals surface area contributed by atoms with Crippen LogP contribution >= 0.6 is 0 Å². The zero-order valence-corrected chi connectivity index (χ0v) is 7.56. The van der Waals surface area contributed by atoms with Crippen LogP contribution in [-0.2, 0) is 21.2 Å².